The molecular weight excluding hydrogens is 322 g/mol. The lowest BCUT2D eigenvalue weighted by atomic mass is 10.1. The third-order valence-corrected chi connectivity index (χ3v) is 5.13. The first-order valence-corrected chi connectivity index (χ1v) is 8.86. The molecule has 2 aromatic heterocycles. The number of fused-ring (bicyclic) bond motifs is 4. The molecule has 5 rings (SSSR count). The number of aromatic nitrogens is 1. The predicted molar refractivity (Wildman–Crippen MR) is 107 cm³/mol. The van der Waals surface area contributed by atoms with Gasteiger partial charge >= 0.3 is 0 Å². The molecule has 26 heavy (non-hydrogen) atoms. The number of hydrogen-bond donors (Lipinski definition) is 0. The van der Waals surface area contributed by atoms with Crippen LogP contribution in [0.4, 0.5) is 17.2 Å². The largest absolute Gasteiger partial charge is 0.454 e. The third kappa shape index (κ3) is 2.05. The van der Waals surface area contributed by atoms with Crippen LogP contribution in [0.5, 0.6) is 0 Å². The first-order valence-electron chi connectivity index (χ1n) is 9.36. The molecule has 0 amide bonds. The summed E-state index contributed by atoms with van der Waals surface area (Å²) in [6.45, 7) is 6.46. The van der Waals surface area contributed by atoms with E-state index in [-0.39, 0.29) is 0 Å². The Morgan fingerprint density at radius 3 is 2.77 bits per heavy atom. The van der Waals surface area contributed by atoms with E-state index in [4.69, 9.17) is 5.79 Å². The van der Waals surface area contributed by atoms with Crippen molar-refractivity contribution in [3.8, 4) is 0 Å². The van der Waals surface area contributed by atoms with Crippen LogP contribution >= 0.6 is 0 Å². The molecule has 0 saturated heterocycles. The lowest BCUT2D eigenvalue weighted by Crippen LogP contribution is -2.34. The predicted octanol–water partition coefficient (Wildman–Crippen LogP) is 5.61. The first kappa shape index (κ1) is 14.2. The van der Waals surface area contributed by atoms with Crippen LogP contribution in [0.3, 0.4) is 0 Å². The highest BCUT2D eigenvalue weighted by Gasteiger charge is 2.32. The second kappa shape index (κ2) is 5.49. The number of anilines is 3. The summed E-state index contributed by atoms with van der Waals surface area (Å²) in [5.74, 6) is 0.838. The van der Waals surface area contributed by atoms with Crippen molar-refractivity contribution in [1.82, 2.24) is 4.98 Å². The molecule has 0 fully saturated rings. The maximum atomic E-state index is 8.55. The molecule has 2 aromatic carbocycles. The van der Waals surface area contributed by atoms with E-state index in [1.165, 1.54) is 0 Å². The van der Waals surface area contributed by atoms with Crippen LogP contribution < -0.4 is 9.80 Å². The molecular formula is C22H21N3O. The number of rotatable bonds is 2. The second-order valence-electron chi connectivity index (χ2n) is 7.00. The van der Waals surface area contributed by atoms with Gasteiger partial charge in [-0.05, 0) is 44.5 Å². The summed E-state index contributed by atoms with van der Waals surface area (Å²) in [4.78, 5) is 8.81. The second-order valence-corrected chi connectivity index (χ2v) is 7.00. The van der Waals surface area contributed by atoms with Crippen LogP contribution in [0.2, 0.25) is 0 Å². The molecule has 0 radical (unpaired) electrons. The molecule has 4 aromatic rings. The van der Waals surface area contributed by atoms with Gasteiger partial charge in [-0.2, -0.15) is 0 Å². The number of para-hydroxylation sites is 1. The zero-order chi connectivity index (χ0) is 18.8. The highest BCUT2D eigenvalue weighted by atomic mass is 16.3. The van der Waals surface area contributed by atoms with Gasteiger partial charge in [-0.3, -0.25) is 0 Å². The van der Waals surface area contributed by atoms with Gasteiger partial charge in [0.15, 0.2) is 11.4 Å². The number of benzene rings is 2. The Hall–Kier alpha value is -3.01. The van der Waals surface area contributed by atoms with Crippen molar-refractivity contribution in [3.63, 3.8) is 0 Å². The van der Waals surface area contributed by atoms with Gasteiger partial charge in [0.25, 0.3) is 0 Å². The summed E-state index contributed by atoms with van der Waals surface area (Å²) in [6.07, 6.45) is 1.79. The quantitative estimate of drug-likeness (QED) is 0.473. The van der Waals surface area contributed by atoms with Gasteiger partial charge in [0.05, 0.1) is 19.4 Å². The number of nitrogens with zero attached hydrogens (tertiary/aromatic N) is 3. The fourth-order valence-electron chi connectivity index (χ4n) is 3.84. The van der Waals surface area contributed by atoms with Crippen molar-refractivity contribution in [1.29, 1.82) is 0 Å². The standard InChI is InChI=1S/C22H21N3O/c1-14(2)24-13-25(18-8-6-12-23-22(18)24)20-15(3)10-11-17-16-7-4-5-9-19(16)26-21(17)20/h4-12,14H,13H2,1-3H3/i14D. The Bertz CT molecular complexity index is 1180. The zero-order valence-electron chi connectivity index (χ0n) is 16.2. The van der Waals surface area contributed by atoms with Gasteiger partial charge < -0.3 is 14.2 Å². The van der Waals surface area contributed by atoms with Gasteiger partial charge in [0.1, 0.15) is 5.58 Å². The Balaban J connectivity index is 1.78. The highest BCUT2D eigenvalue weighted by Crippen LogP contribution is 2.45. The molecule has 0 bridgehead atoms. The lowest BCUT2D eigenvalue weighted by molar-refractivity contribution is 0.664. The molecule has 0 saturated carbocycles. The summed E-state index contributed by atoms with van der Waals surface area (Å²) in [5.41, 5.74) is 4.97. The Morgan fingerprint density at radius 2 is 1.92 bits per heavy atom. The SMILES string of the molecule is [2H]C(C)(C)N1CN(c2c(C)ccc3c2oc2ccccc23)c2cccnc21. The Kier molecular flexibility index (Phi) is 3.00. The van der Waals surface area contributed by atoms with Crippen molar-refractivity contribution in [3.05, 3.63) is 60.3 Å². The Labute approximate surface area is 154 Å². The fraction of sp³-hybridized carbons (Fsp3) is 0.227. The van der Waals surface area contributed by atoms with Crippen LogP contribution in [-0.2, 0) is 0 Å². The van der Waals surface area contributed by atoms with Gasteiger partial charge in [-0.25, -0.2) is 4.98 Å². The van der Waals surface area contributed by atoms with Crippen LogP contribution in [-0.4, -0.2) is 17.7 Å². The normalized spacial score (nSPS) is 15.0. The average Bonchev–Trinajstić information content (AvgIpc) is 3.20. The van der Waals surface area contributed by atoms with Crippen LogP contribution in [0.25, 0.3) is 21.9 Å². The zero-order valence-corrected chi connectivity index (χ0v) is 15.2. The molecule has 1 aliphatic rings. The van der Waals surface area contributed by atoms with E-state index in [2.05, 4.69) is 41.1 Å². The molecule has 130 valence electrons. The van der Waals surface area contributed by atoms with Gasteiger partial charge in [0.2, 0.25) is 0 Å². The molecule has 0 unspecified atom stereocenters. The Morgan fingerprint density at radius 1 is 1.08 bits per heavy atom. The number of hydrogen-bond acceptors (Lipinski definition) is 4. The van der Waals surface area contributed by atoms with E-state index in [0.29, 0.717) is 6.67 Å². The maximum absolute atomic E-state index is 8.55. The molecule has 0 atom stereocenters. The monoisotopic (exact) mass is 344 g/mol. The molecule has 0 spiro atoms. The summed E-state index contributed by atoms with van der Waals surface area (Å²) >= 11 is 0. The summed E-state index contributed by atoms with van der Waals surface area (Å²) in [6, 6.07) is 15.7. The van der Waals surface area contributed by atoms with Gasteiger partial charge in [-0.1, -0.05) is 30.3 Å². The molecule has 0 N–H and O–H groups in total. The van der Waals surface area contributed by atoms with Gasteiger partial charge in [0, 0.05) is 23.0 Å². The van der Waals surface area contributed by atoms with Crippen LogP contribution in [0.15, 0.2) is 59.1 Å². The molecule has 4 heteroatoms. The molecule has 1 aliphatic heterocycles. The maximum Gasteiger partial charge on any atom is 0.159 e. The van der Waals surface area contributed by atoms with Crippen molar-refractivity contribution in [2.24, 2.45) is 0 Å². The third-order valence-electron chi connectivity index (χ3n) is 5.13. The van der Waals surface area contributed by atoms with E-state index in [1.807, 2.05) is 43.0 Å². The van der Waals surface area contributed by atoms with Crippen LogP contribution in [0, 0.1) is 6.92 Å². The fourth-order valence-corrected chi connectivity index (χ4v) is 3.84. The van der Waals surface area contributed by atoms with Crippen molar-refractivity contribution < 1.29 is 5.79 Å². The van der Waals surface area contributed by atoms with Crippen molar-refractivity contribution in [2.75, 3.05) is 16.5 Å². The van der Waals surface area contributed by atoms with E-state index in [9.17, 15) is 0 Å². The van der Waals surface area contributed by atoms with Crippen molar-refractivity contribution >= 4 is 39.1 Å². The first-order chi connectivity index (χ1) is 12.9. The molecule has 4 nitrogen and oxygen atoms in total. The van der Waals surface area contributed by atoms with E-state index < -0.39 is 6.02 Å². The number of pyridine rings is 1. The lowest BCUT2D eigenvalue weighted by Gasteiger charge is -2.25. The minimum absolute atomic E-state index is 0.569. The summed E-state index contributed by atoms with van der Waals surface area (Å²) in [7, 11) is 0. The topological polar surface area (TPSA) is 32.5 Å². The van der Waals surface area contributed by atoms with Crippen molar-refractivity contribution in [2.45, 2.75) is 26.8 Å². The number of aryl methyl sites for hydroxylation is 1. The number of furan rings is 1. The summed E-state index contributed by atoms with van der Waals surface area (Å²) < 4.78 is 14.8. The van der Waals surface area contributed by atoms with E-state index >= 15 is 0 Å². The van der Waals surface area contributed by atoms with E-state index in [1.54, 1.807) is 6.20 Å². The minimum Gasteiger partial charge on any atom is -0.454 e. The molecule has 3 heterocycles. The van der Waals surface area contributed by atoms with Gasteiger partial charge in [-0.15, -0.1) is 0 Å². The highest BCUT2D eigenvalue weighted by molar-refractivity contribution is 6.10. The molecule has 0 aliphatic carbocycles. The van der Waals surface area contributed by atoms with E-state index in [0.717, 1.165) is 44.7 Å². The summed E-state index contributed by atoms with van der Waals surface area (Å²) in [5, 5.41) is 2.23. The minimum atomic E-state index is -0.770. The van der Waals surface area contributed by atoms with Crippen LogP contribution in [0.1, 0.15) is 20.8 Å². The smallest absolute Gasteiger partial charge is 0.159 e. The average molecular weight is 344 g/mol.